The van der Waals surface area contributed by atoms with E-state index in [0.29, 0.717) is 22.8 Å². The molecule has 29 heavy (non-hydrogen) atoms. The first kappa shape index (κ1) is 30.4. The molecule has 0 aliphatic carbocycles. The Morgan fingerprint density at radius 3 is 0.759 bits per heavy atom. The number of nitrogens with zero attached hydrogens (tertiary/aromatic N) is 6. The van der Waals surface area contributed by atoms with Gasteiger partial charge in [0, 0.05) is 41.6 Å². The summed E-state index contributed by atoms with van der Waals surface area (Å²) in [6, 6.07) is 11.4. The molecule has 0 aliphatic rings. The molecule has 2 rings (SSSR count). The van der Waals surface area contributed by atoms with E-state index in [9.17, 15) is 0 Å². The van der Waals surface area contributed by atoms with Gasteiger partial charge in [-0.2, -0.15) is 0 Å². The first-order valence-corrected chi connectivity index (χ1v) is 7.89. The summed E-state index contributed by atoms with van der Waals surface area (Å²) in [4.78, 5) is 7.57. The summed E-state index contributed by atoms with van der Waals surface area (Å²) in [5, 5.41) is 43.3. The first-order valence-electron chi connectivity index (χ1n) is 7.89. The van der Waals surface area contributed by atoms with Gasteiger partial charge in [0.1, 0.15) is 22.8 Å². The molecule has 11 heteroatoms. The molecule has 4 N–H and O–H groups in total. The summed E-state index contributed by atoms with van der Waals surface area (Å²) in [5.41, 5.74) is 1.25. The van der Waals surface area contributed by atoms with Crippen molar-refractivity contribution >= 4 is 22.8 Å². The second kappa shape index (κ2) is 22.7. The van der Waals surface area contributed by atoms with E-state index in [1.165, 1.54) is 27.7 Å². The van der Waals surface area contributed by atoms with E-state index in [2.05, 4.69) is 30.6 Å². The fraction of sp³-hybridized carbons (Fsp3) is 0.222. The second-order valence-electron chi connectivity index (χ2n) is 4.79. The maximum absolute atomic E-state index is 8.03. The fourth-order valence-electron chi connectivity index (χ4n) is 0.915. The first-order chi connectivity index (χ1) is 13.4. The van der Waals surface area contributed by atoms with Crippen LogP contribution in [0.5, 0.6) is 0 Å². The minimum Gasteiger partial charge on any atom is -0.411 e. The fourth-order valence-corrected chi connectivity index (χ4v) is 0.915. The molecular weight excluding hydrogens is 423 g/mol. The van der Waals surface area contributed by atoms with Gasteiger partial charge in [0.2, 0.25) is 0 Å². The maximum Gasteiger partial charge on any atom is 0.101 e. The molecule has 0 fully saturated rings. The van der Waals surface area contributed by atoms with Gasteiger partial charge in [0.05, 0.1) is 0 Å². The van der Waals surface area contributed by atoms with Crippen molar-refractivity contribution in [2.45, 2.75) is 27.7 Å². The molecule has 161 valence electrons. The minimum atomic E-state index is 0. The smallest absolute Gasteiger partial charge is 0.101 e. The van der Waals surface area contributed by atoms with Crippen LogP contribution in [0.15, 0.2) is 81.8 Å². The Balaban J connectivity index is -0.000000309. The summed E-state index contributed by atoms with van der Waals surface area (Å²) in [5.74, 6) is 0. The van der Waals surface area contributed by atoms with E-state index in [1.807, 2.05) is 36.4 Å². The van der Waals surface area contributed by atoms with E-state index in [1.54, 1.807) is 24.8 Å². The zero-order valence-electron chi connectivity index (χ0n) is 16.6. The van der Waals surface area contributed by atoms with E-state index in [-0.39, 0.29) is 16.8 Å². The number of pyridine rings is 2. The van der Waals surface area contributed by atoms with Gasteiger partial charge >= 0.3 is 0 Å². The van der Waals surface area contributed by atoms with Crippen LogP contribution in [0, 0.1) is 0 Å². The van der Waals surface area contributed by atoms with Crippen LogP contribution in [0.1, 0.15) is 27.7 Å². The molecule has 2 aromatic heterocycles. The number of aromatic nitrogens is 2. The summed E-state index contributed by atoms with van der Waals surface area (Å²) in [7, 11) is 0. The minimum absolute atomic E-state index is 0. The van der Waals surface area contributed by atoms with Gasteiger partial charge in [-0.25, -0.2) is 0 Å². The maximum atomic E-state index is 8.03. The molecule has 2 aromatic rings. The van der Waals surface area contributed by atoms with Crippen LogP contribution in [-0.2, 0) is 16.8 Å². The number of oxime groups is 4. The van der Waals surface area contributed by atoms with Crippen LogP contribution in [0.3, 0.4) is 0 Å². The van der Waals surface area contributed by atoms with Gasteiger partial charge in [-0.3, -0.25) is 9.97 Å². The van der Waals surface area contributed by atoms with Crippen molar-refractivity contribution in [1.29, 1.82) is 0 Å². The quantitative estimate of drug-likeness (QED) is 0.312. The van der Waals surface area contributed by atoms with Crippen molar-refractivity contribution in [1.82, 2.24) is 9.97 Å². The van der Waals surface area contributed by atoms with Gasteiger partial charge in [-0.15, -0.1) is 0 Å². The molecule has 0 aromatic carbocycles. The zero-order valence-corrected chi connectivity index (χ0v) is 17.6. The van der Waals surface area contributed by atoms with Gasteiger partial charge < -0.3 is 20.8 Å². The Morgan fingerprint density at radius 1 is 0.483 bits per heavy atom. The topological polar surface area (TPSA) is 156 Å². The molecule has 0 aliphatic heterocycles. The van der Waals surface area contributed by atoms with Crippen LogP contribution >= 0.6 is 0 Å². The van der Waals surface area contributed by atoms with Crippen LogP contribution in [0.25, 0.3) is 0 Å². The monoisotopic (exact) mass is 449 g/mol. The van der Waals surface area contributed by atoms with Gasteiger partial charge in [0.15, 0.2) is 0 Å². The Morgan fingerprint density at radius 2 is 0.690 bits per heavy atom. The van der Waals surface area contributed by atoms with Crippen molar-refractivity contribution in [2.24, 2.45) is 20.6 Å². The van der Waals surface area contributed by atoms with E-state index in [4.69, 9.17) is 20.8 Å². The van der Waals surface area contributed by atoms with Crippen LogP contribution in [-0.4, -0.2) is 53.6 Å². The van der Waals surface area contributed by atoms with Crippen molar-refractivity contribution in [2.75, 3.05) is 0 Å². The van der Waals surface area contributed by atoms with Gasteiger partial charge in [-0.1, -0.05) is 32.8 Å². The molecule has 0 saturated carbocycles. The summed E-state index contributed by atoms with van der Waals surface area (Å²) < 4.78 is 0. The van der Waals surface area contributed by atoms with E-state index < -0.39 is 0 Å². The largest absolute Gasteiger partial charge is 0.411 e. The molecular formula is C18H26CoN6O4. The average molecular weight is 449 g/mol. The van der Waals surface area contributed by atoms with Gasteiger partial charge in [-0.05, 0) is 52.0 Å². The van der Waals surface area contributed by atoms with Crippen LogP contribution in [0.4, 0.5) is 0 Å². The number of hydrogen-bond acceptors (Lipinski definition) is 10. The molecule has 0 amide bonds. The molecule has 1 radical (unpaired) electrons. The van der Waals surface area contributed by atoms with E-state index in [0.717, 1.165) is 0 Å². The number of rotatable bonds is 2. The second-order valence-corrected chi connectivity index (χ2v) is 4.79. The van der Waals surface area contributed by atoms with Crippen molar-refractivity contribution in [3.63, 3.8) is 0 Å². The van der Waals surface area contributed by atoms with Crippen LogP contribution in [0.2, 0.25) is 0 Å². The molecule has 0 unspecified atom stereocenters. The van der Waals surface area contributed by atoms with Crippen molar-refractivity contribution < 1.29 is 37.6 Å². The van der Waals surface area contributed by atoms with Crippen molar-refractivity contribution in [3.05, 3.63) is 61.2 Å². The Bertz CT molecular complexity index is 577. The molecule has 0 bridgehead atoms. The predicted molar refractivity (Wildman–Crippen MR) is 108 cm³/mol. The Labute approximate surface area is 180 Å². The Hall–Kier alpha value is -3.31. The SMILES string of the molecule is CC(=NO)C(C)=NO.CC(=NO)C(C)=NO.[Co].c1ccncc1.c1ccncc1. The molecule has 0 saturated heterocycles. The third-order valence-electron chi connectivity index (χ3n) is 2.78. The zero-order chi connectivity index (χ0) is 21.6. The van der Waals surface area contributed by atoms with Crippen molar-refractivity contribution in [3.8, 4) is 0 Å². The van der Waals surface area contributed by atoms with Crippen LogP contribution < -0.4 is 0 Å². The third kappa shape index (κ3) is 20.8. The number of hydrogen-bond donors (Lipinski definition) is 4. The molecule has 0 spiro atoms. The summed E-state index contributed by atoms with van der Waals surface area (Å²) in [6.45, 7) is 6.15. The Kier molecular flexibility index (Phi) is 23.8. The standard InChI is InChI=1S/2C5H5N.2C4H8N2O2.Co/c2*1-2-4-6-5-3-1;2*1-3(5-7)4(2)6-8;/h2*1-5H;2*7-8H,1-2H3;. The summed E-state index contributed by atoms with van der Waals surface area (Å²) in [6.07, 6.45) is 7.00. The molecule has 0 atom stereocenters. The third-order valence-corrected chi connectivity index (χ3v) is 2.78. The molecule has 2 heterocycles. The normalized spacial score (nSPS) is 11.2. The van der Waals surface area contributed by atoms with E-state index >= 15 is 0 Å². The predicted octanol–water partition coefficient (Wildman–Crippen LogP) is 3.53. The average Bonchev–Trinajstić information content (AvgIpc) is 2.80. The molecule has 10 nitrogen and oxygen atoms in total. The summed E-state index contributed by atoms with van der Waals surface area (Å²) >= 11 is 0. The van der Waals surface area contributed by atoms with Gasteiger partial charge in [0.25, 0.3) is 0 Å².